The lowest BCUT2D eigenvalue weighted by molar-refractivity contribution is 0.164. The topological polar surface area (TPSA) is 21.3 Å². The highest BCUT2D eigenvalue weighted by Crippen LogP contribution is 2.49. The van der Waals surface area contributed by atoms with Gasteiger partial charge < -0.3 is 10.1 Å². The molecule has 0 aromatic heterocycles. The second-order valence-corrected chi connectivity index (χ2v) is 7.15. The Hall–Kier alpha value is -1.02. The Morgan fingerprint density at radius 2 is 1.86 bits per heavy atom. The Labute approximate surface area is 129 Å². The second kappa shape index (κ2) is 6.39. The average Bonchev–Trinajstić information content (AvgIpc) is 2.98. The molecule has 2 heteroatoms. The molecule has 1 atom stereocenters. The van der Waals surface area contributed by atoms with E-state index in [4.69, 9.17) is 4.74 Å². The van der Waals surface area contributed by atoms with Gasteiger partial charge in [-0.15, -0.1) is 0 Å². The Kier molecular flexibility index (Phi) is 4.54. The van der Waals surface area contributed by atoms with Gasteiger partial charge in [0.2, 0.25) is 0 Å². The average molecular weight is 287 g/mol. The highest BCUT2D eigenvalue weighted by atomic mass is 16.5. The van der Waals surface area contributed by atoms with Gasteiger partial charge in [-0.2, -0.15) is 0 Å². The number of rotatable bonds is 4. The molecule has 3 rings (SSSR count). The van der Waals surface area contributed by atoms with Gasteiger partial charge in [0.25, 0.3) is 0 Å². The number of nitrogens with one attached hydrogen (secondary N) is 1. The first kappa shape index (κ1) is 14.9. The lowest BCUT2D eigenvalue weighted by atomic mass is 9.71. The van der Waals surface area contributed by atoms with Crippen LogP contribution in [0.5, 0.6) is 5.75 Å². The normalized spacial score (nSPS) is 23.3. The van der Waals surface area contributed by atoms with E-state index in [2.05, 4.69) is 30.4 Å². The van der Waals surface area contributed by atoms with Gasteiger partial charge in [-0.05, 0) is 68.6 Å². The number of hydrogen-bond donors (Lipinski definition) is 1. The van der Waals surface area contributed by atoms with E-state index in [0.29, 0.717) is 12.1 Å². The smallest absolute Gasteiger partial charge is 0.119 e. The van der Waals surface area contributed by atoms with E-state index in [-0.39, 0.29) is 0 Å². The summed E-state index contributed by atoms with van der Waals surface area (Å²) < 4.78 is 5.33. The molecule has 1 aromatic rings. The van der Waals surface area contributed by atoms with Crippen LogP contribution in [0.3, 0.4) is 0 Å². The summed E-state index contributed by atoms with van der Waals surface area (Å²) in [7, 11) is 1.74. The first-order valence-electron chi connectivity index (χ1n) is 8.61. The summed E-state index contributed by atoms with van der Waals surface area (Å²) in [6.45, 7) is 2.27. The van der Waals surface area contributed by atoms with Crippen LogP contribution < -0.4 is 10.1 Å². The fraction of sp³-hybridized carbons (Fsp3) is 0.684. The van der Waals surface area contributed by atoms with Gasteiger partial charge in [0.05, 0.1) is 7.11 Å². The van der Waals surface area contributed by atoms with Gasteiger partial charge in [-0.1, -0.05) is 25.0 Å². The molecule has 2 aliphatic rings. The lowest BCUT2D eigenvalue weighted by Gasteiger charge is -2.38. The van der Waals surface area contributed by atoms with Crippen molar-refractivity contribution in [1.29, 1.82) is 0 Å². The minimum absolute atomic E-state index is 0.405. The van der Waals surface area contributed by atoms with Crippen molar-refractivity contribution in [1.82, 2.24) is 5.32 Å². The largest absolute Gasteiger partial charge is 0.497 e. The minimum atomic E-state index is 0.405. The van der Waals surface area contributed by atoms with Crippen LogP contribution in [-0.2, 0) is 0 Å². The van der Waals surface area contributed by atoms with Gasteiger partial charge in [0, 0.05) is 12.1 Å². The van der Waals surface area contributed by atoms with Gasteiger partial charge in [-0.3, -0.25) is 0 Å². The van der Waals surface area contributed by atoms with Crippen molar-refractivity contribution in [2.75, 3.05) is 7.11 Å². The lowest BCUT2D eigenvalue weighted by Crippen LogP contribution is -2.37. The third-order valence-corrected chi connectivity index (χ3v) is 5.79. The third-order valence-electron chi connectivity index (χ3n) is 5.79. The third kappa shape index (κ3) is 3.42. The molecule has 21 heavy (non-hydrogen) atoms. The molecular formula is C19H29NO. The number of benzene rings is 1. The van der Waals surface area contributed by atoms with E-state index in [1.54, 1.807) is 7.11 Å². The molecular weight excluding hydrogens is 258 g/mol. The molecule has 2 nitrogen and oxygen atoms in total. The Morgan fingerprint density at radius 1 is 1.14 bits per heavy atom. The van der Waals surface area contributed by atoms with Crippen LogP contribution in [0.1, 0.15) is 69.9 Å². The van der Waals surface area contributed by atoms with Crippen molar-refractivity contribution in [3.63, 3.8) is 0 Å². The molecule has 0 unspecified atom stereocenters. The van der Waals surface area contributed by atoms with Crippen LogP contribution >= 0.6 is 0 Å². The van der Waals surface area contributed by atoms with E-state index >= 15 is 0 Å². The quantitative estimate of drug-likeness (QED) is 0.855. The van der Waals surface area contributed by atoms with Crippen molar-refractivity contribution in [3.05, 3.63) is 29.8 Å². The SMILES string of the molecule is COc1cccc([C@H](C)NC2CCC3(CCCC3)CC2)c1. The van der Waals surface area contributed by atoms with Crippen LogP contribution in [0.15, 0.2) is 24.3 Å². The van der Waals surface area contributed by atoms with Crippen molar-refractivity contribution < 1.29 is 4.74 Å². The van der Waals surface area contributed by atoms with E-state index in [9.17, 15) is 0 Å². The number of ether oxygens (including phenoxy) is 1. The molecule has 1 aromatic carbocycles. The summed E-state index contributed by atoms with van der Waals surface area (Å²) in [6, 6.07) is 9.54. The fourth-order valence-electron chi connectivity index (χ4n) is 4.38. The summed E-state index contributed by atoms with van der Waals surface area (Å²) in [5.74, 6) is 0.953. The molecule has 0 saturated heterocycles. The monoisotopic (exact) mass is 287 g/mol. The minimum Gasteiger partial charge on any atom is -0.497 e. The molecule has 1 N–H and O–H groups in total. The first-order valence-corrected chi connectivity index (χ1v) is 8.61. The second-order valence-electron chi connectivity index (χ2n) is 7.15. The Morgan fingerprint density at radius 3 is 2.52 bits per heavy atom. The number of methoxy groups -OCH3 is 1. The molecule has 116 valence electrons. The maximum atomic E-state index is 5.33. The van der Waals surface area contributed by atoms with Crippen LogP contribution in [0.4, 0.5) is 0 Å². The maximum absolute atomic E-state index is 5.33. The van der Waals surface area contributed by atoms with Crippen molar-refractivity contribution in [2.24, 2.45) is 5.41 Å². The molecule has 2 saturated carbocycles. The fourth-order valence-corrected chi connectivity index (χ4v) is 4.38. The first-order chi connectivity index (χ1) is 10.2. The standard InChI is InChI=1S/C19H29NO/c1-15(16-6-5-7-18(14-16)21-2)20-17-8-12-19(13-9-17)10-3-4-11-19/h5-7,14-15,17,20H,3-4,8-13H2,1-2H3/t15-/m0/s1. The van der Waals surface area contributed by atoms with E-state index in [1.807, 2.05) is 6.07 Å². The van der Waals surface area contributed by atoms with E-state index in [0.717, 1.165) is 11.2 Å². The molecule has 2 fully saturated rings. The Balaban J connectivity index is 1.54. The van der Waals surface area contributed by atoms with E-state index < -0.39 is 0 Å². The molecule has 0 bridgehead atoms. The van der Waals surface area contributed by atoms with Gasteiger partial charge in [0.1, 0.15) is 5.75 Å². The van der Waals surface area contributed by atoms with Gasteiger partial charge >= 0.3 is 0 Å². The molecule has 0 amide bonds. The maximum Gasteiger partial charge on any atom is 0.119 e. The molecule has 0 radical (unpaired) electrons. The van der Waals surface area contributed by atoms with Gasteiger partial charge in [0.15, 0.2) is 0 Å². The molecule has 0 heterocycles. The summed E-state index contributed by atoms with van der Waals surface area (Å²) in [4.78, 5) is 0. The predicted octanol–water partition coefficient (Wildman–Crippen LogP) is 4.85. The van der Waals surface area contributed by atoms with Gasteiger partial charge in [-0.25, -0.2) is 0 Å². The highest BCUT2D eigenvalue weighted by molar-refractivity contribution is 5.30. The summed E-state index contributed by atoms with van der Waals surface area (Å²) in [6.07, 6.45) is 11.5. The van der Waals surface area contributed by atoms with Crippen molar-refractivity contribution in [3.8, 4) is 5.75 Å². The summed E-state index contributed by atoms with van der Waals surface area (Å²) in [5, 5.41) is 3.84. The molecule has 2 aliphatic carbocycles. The number of hydrogen-bond acceptors (Lipinski definition) is 2. The zero-order valence-corrected chi connectivity index (χ0v) is 13.5. The Bertz CT molecular complexity index is 454. The highest BCUT2D eigenvalue weighted by Gasteiger charge is 2.37. The summed E-state index contributed by atoms with van der Waals surface area (Å²) in [5.41, 5.74) is 2.06. The zero-order valence-electron chi connectivity index (χ0n) is 13.5. The van der Waals surface area contributed by atoms with Crippen molar-refractivity contribution >= 4 is 0 Å². The van der Waals surface area contributed by atoms with E-state index in [1.165, 1.54) is 56.9 Å². The zero-order chi connectivity index (χ0) is 14.7. The molecule has 0 aliphatic heterocycles. The van der Waals surface area contributed by atoms with Crippen LogP contribution in [0, 0.1) is 5.41 Å². The molecule has 1 spiro atoms. The van der Waals surface area contributed by atoms with Crippen molar-refractivity contribution in [2.45, 2.75) is 70.4 Å². The predicted molar refractivity (Wildman–Crippen MR) is 87.7 cm³/mol. The van der Waals surface area contributed by atoms with Crippen LogP contribution in [0.25, 0.3) is 0 Å². The van der Waals surface area contributed by atoms with Crippen LogP contribution in [-0.4, -0.2) is 13.2 Å². The summed E-state index contributed by atoms with van der Waals surface area (Å²) >= 11 is 0. The van der Waals surface area contributed by atoms with Crippen LogP contribution in [0.2, 0.25) is 0 Å².